The van der Waals surface area contributed by atoms with Crippen molar-refractivity contribution in [1.29, 1.82) is 0 Å². The highest BCUT2D eigenvalue weighted by Crippen LogP contribution is 2.32. The Labute approximate surface area is 195 Å². The summed E-state index contributed by atoms with van der Waals surface area (Å²) in [6.07, 6.45) is 1.54. The van der Waals surface area contributed by atoms with Crippen LogP contribution >= 0.6 is 0 Å². The first-order valence-corrected chi connectivity index (χ1v) is 10.7. The van der Waals surface area contributed by atoms with Crippen molar-refractivity contribution in [2.24, 2.45) is 0 Å². The number of anilines is 1. The molecule has 2 aromatic heterocycles. The van der Waals surface area contributed by atoms with Crippen molar-refractivity contribution in [2.45, 2.75) is 19.5 Å². The number of carbonyl (C=O) groups is 2. The van der Waals surface area contributed by atoms with Crippen molar-refractivity contribution in [2.75, 3.05) is 11.5 Å². The third-order valence-corrected chi connectivity index (χ3v) is 5.91. The van der Waals surface area contributed by atoms with Gasteiger partial charge >= 0.3 is 5.97 Å². The average Bonchev–Trinajstić information content (AvgIpc) is 3.48. The van der Waals surface area contributed by atoms with Crippen molar-refractivity contribution in [3.8, 4) is 22.6 Å². The highest BCUT2D eigenvalue weighted by molar-refractivity contribution is 6.10. The second-order valence-electron chi connectivity index (χ2n) is 8.12. The zero-order chi connectivity index (χ0) is 23.8. The predicted molar refractivity (Wildman–Crippen MR) is 124 cm³/mol. The Bertz CT molecular complexity index is 1410. The van der Waals surface area contributed by atoms with Crippen LogP contribution < -0.4 is 4.90 Å². The van der Waals surface area contributed by atoms with Gasteiger partial charge in [0.25, 0.3) is 5.91 Å². The summed E-state index contributed by atoms with van der Waals surface area (Å²) in [4.78, 5) is 30.9. The smallest absolute Gasteiger partial charge is 0.335 e. The molecule has 0 aliphatic carbocycles. The van der Waals surface area contributed by atoms with Gasteiger partial charge in [0.15, 0.2) is 5.82 Å². The molecule has 1 atom stereocenters. The fourth-order valence-corrected chi connectivity index (χ4v) is 4.03. The molecule has 4 aromatic rings. The zero-order valence-electron chi connectivity index (χ0n) is 18.3. The van der Waals surface area contributed by atoms with Crippen LogP contribution in [0.1, 0.15) is 39.2 Å². The molecule has 1 amide bonds. The minimum absolute atomic E-state index is 0.0671. The molecule has 0 spiro atoms. The summed E-state index contributed by atoms with van der Waals surface area (Å²) < 4.78 is 1.74. The zero-order valence-corrected chi connectivity index (χ0v) is 18.3. The minimum atomic E-state index is -1.000. The van der Waals surface area contributed by atoms with Crippen LogP contribution in [-0.4, -0.2) is 48.4 Å². The Kier molecular flexibility index (Phi) is 5.39. The summed E-state index contributed by atoms with van der Waals surface area (Å²) >= 11 is 0. The maximum absolute atomic E-state index is 13.3. The Morgan fingerprint density at radius 2 is 1.88 bits per heavy atom. The van der Waals surface area contributed by atoms with Gasteiger partial charge in [-0.05, 0) is 53.9 Å². The van der Waals surface area contributed by atoms with Crippen LogP contribution in [0.25, 0.3) is 22.6 Å². The number of carboxylic acid groups (broad SMARTS) is 1. The van der Waals surface area contributed by atoms with Crippen LogP contribution in [0.2, 0.25) is 0 Å². The molecule has 5 rings (SSSR count). The van der Waals surface area contributed by atoms with E-state index in [1.165, 1.54) is 6.07 Å². The highest BCUT2D eigenvalue weighted by Gasteiger charge is 2.30. The summed E-state index contributed by atoms with van der Waals surface area (Å²) in [5.74, 6) is -0.186. The summed E-state index contributed by atoms with van der Waals surface area (Å²) in [5.41, 5.74) is 3.66. The molecular weight excluding hydrogens is 434 g/mol. The lowest BCUT2D eigenvalue weighted by atomic mass is 9.99. The van der Waals surface area contributed by atoms with Crippen LogP contribution in [-0.2, 0) is 6.54 Å². The van der Waals surface area contributed by atoms with Gasteiger partial charge in [0.2, 0.25) is 0 Å². The molecule has 2 aromatic carbocycles. The van der Waals surface area contributed by atoms with Crippen molar-refractivity contribution >= 4 is 17.7 Å². The van der Waals surface area contributed by atoms with Crippen molar-refractivity contribution in [3.05, 3.63) is 83.7 Å². The maximum atomic E-state index is 13.3. The molecule has 9 nitrogen and oxygen atoms in total. The molecule has 1 aliphatic heterocycles. The topological polar surface area (TPSA) is 121 Å². The lowest BCUT2D eigenvalue weighted by molar-refractivity contribution is 0.0696. The van der Waals surface area contributed by atoms with Gasteiger partial charge in [-0.25, -0.2) is 9.78 Å². The van der Waals surface area contributed by atoms with E-state index in [0.29, 0.717) is 29.4 Å². The summed E-state index contributed by atoms with van der Waals surface area (Å²) in [5, 5.41) is 26.9. The lowest BCUT2D eigenvalue weighted by Crippen LogP contribution is -2.24. The first-order chi connectivity index (χ1) is 16.5. The van der Waals surface area contributed by atoms with Gasteiger partial charge in [-0.3, -0.25) is 9.69 Å². The van der Waals surface area contributed by atoms with Crippen molar-refractivity contribution < 1.29 is 19.8 Å². The molecule has 1 unspecified atom stereocenters. The summed E-state index contributed by atoms with van der Waals surface area (Å²) in [6.45, 7) is 2.16. The van der Waals surface area contributed by atoms with Crippen LogP contribution in [0, 0.1) is 0 Å². The Morgan fingerprint density at radius 1 is 1.09 bits per heavy atom. The van der Waals surface area contributed by atoms with E-state index < -0.39 is 5.97 Å². The van der Waals surface area contributed by atoms with E-state index in [2.05, 4.69) is 15.2 Å². The minimum Gasteiger partial charge on any atom is -0.478 e. The Hall–Kier alpha value is -4.37. The molecule has 170 valence electrons. The number of benzene rings is 2. The molecule has 0 saturated carbocycles. The van der Waals surface area contributed by atoms with Gasteiger partial charge < -0.3 is 14.8 Å². The second-order valence-corrected chi connectivity index (χ2v) is 8.12. The van der Waals surface area contributed by atoms with E-state index in [9.17, 15) is 19.8 Å². The number of aliphatic hydroxyl groups is 1. The molecule has 1 aliphatic rings. The number of aromatic carboxylic acids is 1. The van der Waals surface area contributed by atoms with Gasteiger partial charge in [-0.2, -0.15) is 0 Å². The average molecular weight is 455 g/mol. The van der Waals surface area contributed by atoms with Gasteiger partial charge in [0.1, 0.15) is 17.8 Å². The maximum Gasteiger partial charge on any atom is 0.335 e. The number of pyridine rings is 1. The first-order valence-electron chi connectivity index (χ1n) is 10.7. The van der Waals surface area contributed by atoms with Gasteiger partial charge in [-0.1, -0.05) is 30.3 Å². The number of amides is 1. The number of aromatic nitrogens is 4. The molecule has 0 bridgehead atoms. The fraction of sp³-hybridized carbons (Fsp3) is 0.160. The third-order valence-electron chi connectivity index (χ3n) is 5.91. The monoisotopic (exact) mass is 455 g/mol. The van der Waals surface area contributed by atoms with Crippen molar-refractivity contribution in [3.63, 3.8) is 0 Å². The molecule has 34 heavy (non-hydrogen) atoms. The Morgan fingerprint density at radius 3 is 2.68 bits per heavy atom. The van der Waals surface area contributed by atoms with Gasteiger partial charge in [-0.15, -0.1) is 10.2 Å². The largest absolute Gasteiger partial charge is 0.478 e. The quantitative estimate of drug-likeness (QED) is 0.457. The fourth-order valence-electron chi connectivity index (χ4n) is 4.03. The van der Waals surface area contributed by atoms with Gasteiger partial charge in [0, 0.05) is 5.56 Å². The van der Waals surface area contributed by atoms with Crippen LogP contribution in [0.5, 0.6) is 0 Å². The standard InChI is InChI=1S/C25H21N5O4/c1-15(13-31)30-14-26-28-23(30)21-6-3-7-22(27-21)29-12-19-9-8-17(11-20(19)24(29)32)16-4-2-5-18(10-16)25(33)34/h2-11,14-15,31H,12-13H2,1H3,(H,33,34). The van der Waals surface area contributed by atoms with Crippen LogP contribution in [0.3, 0.4) is 0 Å². The van der Waals surface area contributed by atoms with E-state index in [1.807, 2.05) is 25.1 Å². The van der Waals surface area contributed by atoms with E-state index in [0.717, 1.165) is 16.7 Å². The molecule has 0 saturated heterocycles. The normalized spacial score (nSPS) is 13.7. The highest BCUT2D eigenvalue weighted by atomic mass is 16.4. The van der Waals surface area contributed by atoms with E-state index in [1.54, 1.807) is 52.2 Å². The number of aliphatic hydroxyl groups excluding tert-OH is 1. The predicted octanol–water partition coefficient (Wildman–Crippen LogP) is 3.42. The number of carbonyl (C=O) groups excluding carboxylic acids is 1. The van der Waals surface area contributed by atoms with E-state index >= 15 is 0 Å². The molecule has 9 heteroatoms. The number of carboxylic acids is 1. The molecule has 0 radical (unpaired) electrons. The Balaban J connectivity index is 1.46. The first kappa shape index (κ1) is 21.5. The van der Waals surface area contributed by atoms with Gasteiger partial charge in [0.05, 0.1) is 24.8 Å². The molecule has 2 N–H and O–H groups in total. The lowest BCUT2D eigenvalue weighted by Gasteiger charge is -2.16. The SMILES string of the molecule is CC(CO)n1cnnc1-c1cccc(N2Cc3ccc(-c4cccc(C(=O)O)c4)cc3C2=O)n1. The number of hydrogen-bond donors (Lipinski definition) is 2. The number of rotatable bonds is 6. The third kappa shape index (κ3) is 3.71. The number of hydrogen-bond acceptors (Lipinski definition) is 6. The molecule has 3 heterocycles. The molecular formula is C25H21N5O4. The van der Waals surface area contributed by atoms with Crippen molar-refractivity contribution in [1.82, 2.24) is 19.7 Å². The number of fused-ring (bicyclic) bond motifs is 1. The second kappa shape index (κ2) is 8.53. The van der Waals surface area contributed by atoms with Crippen LogP contribution in [0.4, 0.5) is 5.82 Å². The summed E-state index contributed by atoms with van der Waals surface area (Å²) in [7, 11) is 0. The van der Waals surface area contributed by atoms with E-state index in [-0.39, 0.29) is 24.1 Å². The van der Waals surface area contributed by atoms with Crippen LogP contribution in [0.15, 0.2) is 67.0 Å². The number of nitrogens with zero attached hydrogens (tertiary/aromatic N) is 5. The molecule has 0 fully saturated rings. The summed E-state index contributed by atoms with van der Waals surface area (Å²) in [6, 6.07) is 17.3. The van der Waals surface area contributed by atoms with E-state index in [4.69, 9.17) is 0 Å².